The fraction of sp³-hybridized carbons (Fsp3) is 0.526. The van der Waals surface area contributed by atoms with Crippen molar-refractivity contribution in [2.45, 2.75) is 51.7 Å². The Hall–Kier alpha value is -1.65. The summed E-state index contributed by atoms with van der Waals surface area (Å²) in [5.41, 5.74) is 3.56. The van der Waals surface area contributed by atoms with Crippen LogP contribution in [0.15, 0.2) is 36.5 Å². The van der Waals surface area contributed by atoms with Gasteiger partial charge in [0.25, 0.3) is 0 Å². The van der Waals surface area contributed by atoms with Gasteiger partial charge in [-0.1, -0.05) is 39.0 Å². The van der Waals surface area contributed by atoms with Gasteiger partial charge in [-0.3, -0.25) is 4.90 Å². The number of aliphatic hydroxyl groups excluding tert-OH is 1. The van der Waals surface area contributed by atoms with Crippen molar-refractivity contribution in [3.63, 3.8) is 0 Å². The third-order valence-electron chi connectivity index (χ3n) is 4.47. The Balaban J connectivity index is 1.87. The van der Waals surface area contributed by atoms with E-state index in [9.17, 15) is 5.11 Å². The van der Waals surface area contributed by atoms with Crippen molar-refractivity contribution in [2.75, 3.05) is 13.1 Å². The summed E-state index contributed by atoms with van der Waals surface area (Å²) in [6.07, 6.45) is 3.79. The van der Waals surface area contributed by atoms with Gasteiger partial charge in [-0.2, -0.15) is 5.10 Å². The molecular formula is C19H27N3O. The van der Waals surface area contributed by atoms with E-state index < -0.39 is 0 Å². The molecule has 0 amide bonds. The second kappa shape index (κ2) is 6.46. The highest BCUT2D eigenvalue weighted by atomic mass is 16.3. The number of hydrogen-bond donors (Lipinski definition) is 1. The van der Waals surface area contributed by atoms with Gasteiger partial charge in [0.1, 0.15) is 0 Å². The number of piperidine rings is 1. The van der Waals surface area contributed by atoms with Crippen LogP contribution < -0.4 is 0 Å². The number of aromatic nitrogens is 2. The lowest BCUT2D eigenvalue weighted by Crippen LogP contribution is -2.35. The number of para-hydroxylation sites is 1. The quantitative estimate of drug-likeness (QED) is 0.946. The van der Waals surface area contributed by atoms with Crippen LogP contribution in [-0.4, -0.2) is 39.0 Å². The molecule has 0 radical (unpaired) electrons. The number of hydrogen-bond acceptors (Lipinski definition) is 3. The molecule has 0 spiro atoms. The molecule has 1 N–H and O–H groups in total. The van der Waals surface area contributed by atoms with Crippen LogP contribution in [0.5, 0.6) is 0 Å². The Morgan fingerprint density at radius 3 is 2.39 bits per heavy atom. The highest BCUT2D eigenvalue weighted by Gasteiger charge is 2.25. The molecule has 3 rings (SSSR count). The van der Waals surface area contributed by atoms with Gasteiger partial charge in [0, 0.05) is 36.8 Å². The predicted octanol–water partition coefficient (Wildman–Crippen LogP) is 3.13. The van der Waals surface area contributed by atoms with Crippen LogP contribution in [0.3, 0.4) is 0 Å². The topological polar surface area (TPSA) is 41.3 Å². The Bertz CT molecular complexity index is 634. The zero-order chi connectivity index (χ0) is 16.4. The summed E-state index contributed by atoms with van der Waals surface area (Å²) in [7, 11) is 0. The minimum Gasteiger partial charge on any atom is -0.393 e. The van der Waals surface area contributed by atoms with Gasteiger partial charge in [0.15, 0.2) is 0 Å². The zero-order valence-electron chi connectivity index (χ0n) is 14.4. The maximum absolute atomic E-state index is 9.69. The lowest BCUT2D eigenvalue weighted by Gasteiger charge is -2.30. The first-order valence-electron chi connectivity index (χ1n) is 8.48. The van der Waals surface area contributed by atoms with Gasteiger partial charge in [-0.05, 0) is 25.0 Å². The molecule has 1 fully saturated rings. The molecule has 4 nitrogen and oxygen atoms in total. The molecule has 0 aliphatic carbocycles. The van der Waals surface area contributed by atoms with E-state index in [1.165, 1.54) is 5.56 Å². The van der Waals surface area contributed by atoms with Crippen LogP contribution in [0.1, 0.15) is 44.9 Å². The van der Waals surface area contributed by atoms with Crippen molar-refractivity contribution in [1.82, 2.24) is 14.7 Å². The average Bonchev–Trinajstić information content (AvgIpc) is 2.95. The Morgan fingerprint density at radius 2 is 1.78 bits per heavy atom. The van der Waals surface area contributed by atoms with E-state index in [1.54, 1.807) is 0 Å². The van der Waals surface area contributed by atoms with Gasteiger partial charge in [-0.25, -0.2) is 4.68 Å². The molecule has 0 saturated carbocycles. The standard InChI is InChI=1S/C19H27N3O/c1-19(2,3)18-15(13-21-11-9-17(23)10-12-21)14-22(20-18)16-7-5-4-6-8-16/h4-8,14,17,23H,9-13H2,1-3H3. The highest BCUT2D eigenvalue weighted by Crippen LogP contribution is 2.27. The summed E-state index contributed by atoms with van der Waals surface area (Å²) >= 11 is 0. The SMILES string of the molecule is CC(C)(C)c1nn(-c2ccccc2)cc1CN1CCC(O)CC1. The third kappa shape index (κ3) is 3.82. The van der Waals surface area contributed by atoms with Crippen LogP contribution >= 0.6 is 0 Å². The molecule has 0 unspecified atom stereocenters. The summed E-state index contributed by atoms with van der Waals surface area (Å²) < 4.78 is 1.99. The van der Waals surface area contributed by atoms with E-state index in [2.05, 4.69) is 44.0 Å². The van der Waals surface area contributed by atoms with E-state index in [0.717, 1.165) is 43.9 Å². The summed E-state index contributed by atoms with van der Waals surface area (Å²) in [6, 6.07) is 10.3. The molecule has 124 valence electrons. The molecule has 1 aromatic carbocycles. The molecule has 2 heterocycles. The molecular weight excluding hydrogens is 286 g/mol. The van der Waals surface area contributed by atoms with Gasteiger partial charge in [-0.15, -0.1) is 0 Å². The zero-order valence-corrected chi connectivity index (χ0v) is 14.4. The van der Waals surface area contributed by atoms with E-state index in [-0.39, 0.29) is 11.5 Å². The molecule has 2 aromatic rings. The van der Waals surface area contributed by atoms with Gasteiger partial charge < -0.3 is 5.11 Å². The van der Waals surface area contributed by atoms with Crippen LogP contribution in [0.2, 0.25) is 0 Å². The number of likely N-dealkylation sites (tertiary alicyclic amines) is 1. The summed E-state index contributed by atoms with van der Waals surface area (Å²) in [5, 5.41) is 14.6. The third-order valence-corrected chi connectivity index (χ3v) is 4.47. The maximum atomic E-state index is 9.69. The van der Waals surface area contributed by atoms with E-state index >= 15 is 0 Å². The van der Waals surface area contributed by atoms with Crippen molar-refractivity contribution in [1.29, 1.82) is 0 Å². The molecule has 23 heavy (non-hydrogen) atoms. The van der Waals surface area contributed by atoms with Crippen LogP contribution in [-0.2, 0) is 12.0 Å². The first-order valence-corrected chi connectivity index (χ1v) is 8.48. The predicted molar refractivity (Wildman–Crippen MR) is 92.8 cm³/mol. The number of aliphatic hydroxyl groups is 1. The summed E-state index contributed by atoms with van der Waals surface area (Å²) in [5.74, 6) is 0. The van der Waals surface area contributed by atoms with E-state index in [0.29, 0.717) is 0 Å². The molecule has 1 saturated heterocycles. The summed E-state index contributed by atoms with van der Waals surface area (Å²) in [4.78, 5) is 2.42. The van der Waals surface area contributed by atoms with Gasteiger partial charge in [0.2, 0.25) is 0 Å². The van der Waals surface area contributed by atoms with Crippen LogP contribution in [0.4, 0.5) is 0 Å². The lowest BCUT2D eigenvalue weighted by atomic mass is 9.89. The van der Waals surface area contributed by atoms with Crippen molar-refractivity contribution >= 4 is 0 Å². The monoisotopic (exact) mass is 313 g/mol. The van der Waals surface area contributed by atoms with E-state index in [4.69, 9.17) is 5.10 Å². The summed E-state index contributed by atoms with van der Waals surface area (Å²) in [6.45, 7) is 9.48. The normalized spacial score (nSPS) is 17.6. The Labute approximate surface area is 138 Å². The number of benzene rings is 1. The van der Waals surface area contributed by atoms with Crippen molar-refractivity contribution in [3.8, 4) is 5.69 Å². The maximum Gasteiger partial charge on any atom is 0.0727 e. The molecule has 1 aliphatic heterocycles. The highest BCUT2D eigenvalue weighted by molar-refractivity contribution is 5.34. The molecule has 0 bridgehead atoms. The second-order valence-corrected chi connectivity index (χ2v) is 7.54. The Kier molecular flexibility index (Phi) is 4.55. The first kappa shape index (κ1) is 16.2. The second-order valence-electron chi connectivity index (χ2n) is 7.54. The smallest absolute Gasteiger partial charge is 0.0727 e. The fourth-order valence-corrected chi connectivity index (χ4v) is 3.19. The fourth-order valence-electron chi connectivity index (χ4n) is 3.19. The molecule has 4 heteroatoms. The van der Waals surface area contributed by atoms with Crippen molar-refractivity contribution in [3.05, 3.63) is 47.8 Å². The minimum absolute atomic E-state index is 0.0185. The number of rotatable bonds is 3. The van der Waals surface area contributed by atoms with Crippen molar-refractivity contribution < 1.29 is 5.11 Å². The van der Waals surface area contributed by atoms with Gasteiger partial charge >= 0.3 is 0 Å². The Morgan fingerprint density at radius 1 is 1.13 bits per heavy atom. The first-order chi connectivity index (χ1) is 10.9. The molecule has 1 aromatic heterocycles. The number of nitrogens with zero attached hydrogens (tertiary/aromatic N) is 3. The lowest BCUT2D eigenvalue weighted by molar-refractivity contribution is 0.0790. The van der Waals surface area contributed by atoms with E-state index in [1.807, 2.05) is 22.9 Å². The van der Waals surface area contributed by atoms with Gasteiger partial charge in [0.05, 0.1) is 17.5 Å². The van der Waals surface area contributed by atoms with Crippen LogP contribution in [0, 0.1) is 0 Å². The minimum atomic E-state index is -0.125. The molecule has 0 atom stereocenters. The van der Waals surface area contributed by atoms with Crippen molar-refractivity contribution in [2.24, 2.45) is 0 Å². The average molecular weight is 313 g/mol. The largest absolute Gasteiger partial charge is 0.393 e. The molecule has 1 aliphatic rings. The van der Waals surface area contributed by atoms with Crippen LogP contribution in [0.25, 0.3) is 5.69 Å².